The quantitative estimate of drug-likeness (QED) is 0.294. The van der Waals surface area contributed by atoms with E-state index in [2.05, 4.69) is 5.32 Å². The number of fused-ring (bicyclic) bond motifs is 15. The second kappa shape index (κ2) is 14.8. The number of amides is 1. The molecule has 13 nitrogen and oxygen atoms in total. The molecule has 0 aromatic carbocycles. The van der Waals surface area contributed by atoms with Gasteiger partial charge in [-0.15, -0.1) is 0 Å². The summed E-state index contributed by atoms with van der Waals surface area (Å²) >= 11 is 0. The summed E-state index contributed by atoms with van der Waals surface area (Å²) in [6, 6.07) is -0.873. The second-order valence-electron chi connectivity index (χ2n) is 13.9. The minimum absolute atomic E-state index is 0.0921. The van der Waals surface area contributed by atoms with Crippen LogP contribution in [0, 0.1) is 17.8 Å². The monoisotopic (exact) mass is 642 g/mol. The molecule has 0 unspecified atom stereocenters. The van der Waals surface area contributed by atoms with Crippen molar-refractivity contribution in [2.45, 2.75) is 135 Å². The van der Waals surface area contributed by atoms with E-state index >= 15 is 0 Å². The fourth-order valence-corrected chi connectivity index (χ4v) is 7.01. The van der Waals surface area contributed by atoms with E-state index in [-0.39, 0.29) is 25.0 Å². The van der Waals surface area contributed by atoms with Crippen molar-refractivity contribution in [3.63, 3.8) is 0 Å². The van der Waals surface area contributed by atoms with Gasteiger partial charge in [-0.2, -0.15) is 0 Å². The highest BCUT2D eigenvalue weighted by Gasteiger charge is 2.52. The van der Waals surface area contributed by atoms with Crippen LogP contribution in [0.25, 0.3) is 0 Å². The van der Waals surface area contributed by atoms with E-state index in [0.29, 0.717) is 6.42 Å². The first-order valence-electron chi connectivity index (χ1n) is 16.0. The van der Waals surface area contributed by atoms with Crippen LogP contribution in [0.4, 0.5) is 0 Å². The van der Waals surface area contributed by atoms with E-state index < -0.39 is 102 Å². The second-order valence-corrected chi connectivity index (χ2v) is 13.9. The number of esters is 1. The SMILES string of the molecule is CC[C@H]1OC(=O)[C@H](C)C(=O)[C@H](C)[C@@H](O[C@@H]2O[C@H](C)C[C@H](N(C)C)[C@H]2O)[C@@]2(C)C[C@@H](C)NC(=O)[C@H](C)[C@@H](OCC(=O)CO2)[C@]1(C)O. The van der Waals surface area contributed by atoms with Crippen LogP contribution in [0.2, 0.25) is 0 Å². The molecule has 45 heavy (non-hydrogen) atoms. The molecule has 4 saturated heterocycles. The molecular weight excluding hydrogens is 588 g/mol. The molecule has 0 aromatic heterocycles. The third-order valence-corrected chi connectivity index (χ3v) is 9.65. The summed E-state index contributed by atoms with van der Waals surface area (Å²) in [5, 5.41) is 26.0. The maximum Gasteiger partial charge on any atom is 0.316 e. The summed E-state index contributed by atoms with van der Waals surface area (Å²) in [7, 11) is 3.68. The van der Waals surface area contributed by atoms with Crippen LogP contribution in [0.15, 0.2) is 0 Å². The van der Waals surface area contributed by atoms with Gasteiger partial charge in [-0.25, -0.2) is 0 Å². The van der Waals surface area contributed by atoms with Crippen LogP contribution < -0.4 is 5.32 Å². The van der Waals surface area contributed by atoms with Crippen molar-refractivity contribution in [3.05, 3.63) is 0 Å². The number of ether oxygens (including phenoxy) is 5. The number of Topliss-reactive ketones (excluding diaryl/α,β-unsaturated/α-hetero) is 2. The first-order chi connectivity index (χ1) is 20.8. The number of likely N-dealkylation sites (N-methyl/N-ethyl adjacent to an activating group) is 1. The molecule has 4 heterocycles. The van der Waals surface area contributed by atoms with Gasteiger partial charge in [-0.3, -0.25) is 19.2 Å². The van der Waals surface area contributed by atoms with Crippen molar-refractivity contribution in [3.8, 4) is 0 Å². The predicted molar refractivity (Wildman–Crippen MR) is 162 cm³/mol. The summed E-state index contributed by atoms with van der Waals surface area (Å²) in [6.07, 6.45) is -5.32. The zero-order valence-corrected chi connectivity index (χ0v) is 28.4. The van der Waals surface area contributed by atoms with E-state index in [0.717, 1.165) is 0 Å². The Balaban J connectivity index is 2.19. The van der Waals surface area contributed by atoms with E-state index in [1.54, 1.807) is 34.6 Å². The maximum absolute atomic E-state index is 14.0. The standard InChI is InChI=1S/C32H54N2O11/c1-11-23-32(8,40)27-20(6)28(38)33-16(2)13-31(7,42-15-21(35)14-41-27)26(18(4)24(36)19(5)29(39)44-23)45-30-25(37)22(34(9)10)12-17(3)43-30/h16-20,22-23,25-27,30,37,40H,11-15H2,1-10H3,(H,33,38)/t16-,17-,18+,19-,20-,22+,23-,25-,26-,27-,30+,31-,32-/m1/s1. The van der Waals surface area contributed by atoms with E-state index in [4.69, 9.17) is 23.7 Å². The van der Waals surface area contributed by atoms with Crippen molar-refractivity contribution in [1.82, 2.24) is 10.2 Å². The van der Waals surface area contributed by atoms with Gasteiger partial charge in [-0.05, 0) is 68.0 Å². The number of aliphatic hydroxyl groups is 2. The normalized spacial score (nSPS) is 44.7. The Hall–Kier alpha value is -2.00. The third kappa shape index (κ3) is 8.30. The van der Waals surface area contributed by atoms with Crippen molar-refractivity contribution in [1.29, 1.82) is 0 Å². The molecule has 2 bridgehead atoms. The Kier molecular flexibility index (Phi) is 12.3. The molecule has 3 N–H and O–H groups in total. The molecule has 13 heteroatoms. The zero-order valence-electron chi connectivity index (χ0n) is 28.4. The molecule has 4 aliphatic rings. The van der Waals surface area contributed by atoms with E-state index in [1.807, 2.05) is 25.9 Å². The van der Waals surface area contributed by atoms with Gasteiger partial charge in [0.25, 0.3) is 0 Å². The van der Waals surface area contributed by atoms with Gasteiger partial charge >= 0.3 is 5.97 Å². The average Bonchev–Trinajstić information content (AvgIpc) is 2.96. The highest BCUT2D eigenvalue weighted by molar-refractivity contribution is 6.00. The van der Waals surface area contributed by atoms with Crippen LogP contribution in [0.5, 0.6) is 0 Å². The molecule has 0 radical (unpaired) electrons. The minimum atomic E-state index is -1.90. The van der Waals surface area contributed by atoms with Gasteiger partial charge in [0.05, 0.1) is 23.7 Å². The Bertz CT molecular complexity index is 1080. The first-order valence-corrected chi connectivity index (χ1v) is 16.0. The molecule has 4 rings (SSSR count). The summed E-state index contributed by atoms with van der Waals surface area (Å²) in [6.45, 7) is 12.1. The lowest BCUT2D eigenvalue weighted by Gasteiger charge is -2.47. The number of aliphatic hydroxyl groups excluding tert-OH is 1. The van der Waals surface area contributed by atoms with Crippen molar-refractivity contribution >= 4 is 23.4 Å². The third-order valence-electron chi connectivity index (χ3n) is 9.65. The summed E-state index contributed by atoms with van der Waals surface area (Å²) in [5.41, 5.74) is -3.31. The van der Waals surface area contributed by atoms with Gasteiger partial charge < -0.3 is 44.1 Å². The van der Waals surface area contributed by atoms with Crippen LogP contribution in [0.3, 0.4) is 0 Å². The Morgan fingerprint density at radius 1 is 1.02 bits per heavy atom. The van der Waals surface area contributed by atoms with Crippen LogP contribution in [0.1, 0.15) is 74.7 Å². The van der Waals surface area contributed by atoms with Crippen LogP contribution in [-0.4, -0.2) is 126 Å². The largest absolute Gasteiger partial charge is 0.459 e. The van der Waals surface area contributed by atoms with Crippen molar-refractivity contribution in [2.24, 2.45) is 17.8 Å². The molecule has 4 fully saturated rings. The molecule has 0 spiro atoms. The number of hydrogen-bond acceptors (Lipinski definition) is 12. The Morgan fingerprint density at radius 2 is 1.67 bits per heavy atom. The van der Waals surface area contributed by atoms with Gasteiger partial charge in [0, 0.05) is 18.0 Å². The van der Waals surface area contributed by atoms with E-state index in [1.165, 1.54) is 13.8 Å². The van der Waals surface area contributed by atoms with Crippen LogP contribution >= 0.6 is 0 Å². The average molecular weight is 643 g/mol. The topological polar surface area (TPSA) is 170 Å². The number of rotatable bonds is 4. The number of carbonyl (C=O) groups excluding carboxylic acids is 4. The maximum atomic E-state index is 14.0. The number of nitrogens with zero attached hydrogens (tertiary/aromatic N) is 1. The molecule has 0 aliphatic carbocycles. The lowest BCUT2D eigenvalue weighted by molar-refractivity contribution is -0.296. The molecule has 0 saturated carbocycles. The fourth-order valence-electron chi connectivity index (χ4n) is 7.01. The Labute approximate surface area is 266 Å². The molecule has 1 amide bonds. The van der Waals surface area contributed by atoms with Gasteiger partial charge in [0.1, 0.15) is 43.0 Å². The first kappa shape index (κ1) is 37.5. The molecule has 258 valence electrons. The van der Waals surface area contributed by atoms with Crippen molar-refractivity contribution < 1.29 is 53.1 Å². The van der Waals surface area contributed by atoms with Gasteiger partial charge in [0.2, 0.25) is 5.91 Å². The summed E-state index contributed by atoms with van der Waals surface area (Å²) < 4.78 is 30.5. The molecular formula is C32H54N2O11. The fraction of sp³-hybridized carbons (Fsp3) is 0.875. The highest BCUT2D eigenvalue weighted by Crippen LogP contribution is 2.37. The predicted octanol–water partition coefficient (Wildman–Crippen LogP) is 0.999. The molecule has 13 atom stereocenters. The summed E-state index contributed by atoms with van der Waals surface area (Å²) in [4.78, 5) is 56.1. The highest BCUT2D eigenvalue weighted by atomic mass is 16.7. The molecule has 0 aromatic rings. The Morgan fingerprint density at radius 3 is 2.27 bits per heavy atom. The lowest BCUT2D eigenvalue weighted by atomic mass is 9.79. The number of ketones is 2. The minimum Gasteiger partial charge on any atom is -0.459 e. The smallest absolute Gasteiger partial charge is 0.316 e. The number of nitrogens with one attached hydrogen (secondary N) is 1. The number of carbonyl (C=O) groups is 4. The van der Waals surface area contributed by atoms with Crippen LogP contribution in [-0.2, 0) is 42.9 Å². The number of hydrogen-bond donors (Lipinski definition) is 3. The zero-order chi connectivity index (χ0) is 34.0. The summed E-state index contributed by atoms with van der Waals surface area (Å²) in [5.74, 6) is -5.56. The molecule has 4 aliphatic heterocycles. The van der Waals surface area contributed by atoms with Gasteiger partial charge in [0.15, 0.2) is 17.9 Å². The van der Waals surface area contributed by atoms with E-state index in [9.17, 15) is 29.4 Å². The van der Waals surface area contributed by atoms with Gasteiger partial charge in [-0.1, -0.05) is 20.8 Å². The lowest BCUT2D eigenvalue weighted by Crippen LogP contribution is -2.60. The van der Waals surface area contributed by atoms with Crippen molar-refractivity contribution in [2.75, 3.05) is 27.3 Å².